The fourth-order valence-electron chi connectivity index (χ4n) is 3.32. The number of aromatic nitrogens is 3. The molecule has 3 heterocycles. The third kappa shape index (κ3) is 2.82. The summed E-state index contributed by atoms with van der Waals surface area (Å²) < 4.78 is 5.99. The van der Waals surface area contributed by atoms with Crippen molar-refractivity contribution in [3.63, 3.8) is 0 Å². The third-order valence-corrected chi connectivity index (χ3v) is 5.44. The molecular formula is C16H21N5O2S. The van der Waals surface area contributed by atoms with Crippen molar-refractivity contribution in [1.82, 2.24) is 24.4 Å². The smallest absolute Gasteiger partial charge is 0.254 e. The van der Waals surface area contributed by atoms with E-state index in [-0.39, 0.29) is 23.9 Å². The van der Waals surface area contributed by atoms with Crippen LogP contribution in [0.15, 0.2) is 12.3 Å². The highest BCUT2D eigenvalue weighted by Crippen LogP contribution is 2.31. The first kappa shape index (κ1) is 16.6. The standard InChI is InChI=1S/C16H21N5O2S/c1-9-14(10(2)24-19-9)16(23)18-11-5-6-13(22)20(3)15(11)12-7-8-17-21(12)4/h7-8,11,15H,5-6H2,1-4H3,(H,18,23)/t11-,15-/m0/s1. The molecule has 128 valence electrons. The first-order valence-electron chi connectivity index (χ1n) is 7.87. The molecule has 1 N–H and O–H groups in total. The molecule has 7 nitrogen and oxygen atoms in total. The fourth-order valence-corrected chi connectivity index (χ4v) is 4.01. The molecule has 3 rings (SSSR count). The summed E-state index contributed by atoms with van der Waals surface area (Å²) >= 11 is 1.33. The summed E-state index contributed by atoms with van der Waals surface area (Å²) in [5.74, 6) is -0.0464. The van der Waals surface area contributed by atoms with Crippen molar-refractivity contribution < 1.29 is 9.59 Å². The Morgan fingerprint density at radius 1 is 1.38 bits per heavy atom. The lowest BCUT2D eigenvalue weighted by molar-refractivity contribution is -0.136. The summed E-state index contributed by atoms with van der Waals surface area (Å²) in [5.41, 5.74) is 2.29. The van der Waals surface area contributed by atoms with Crippen LogP contribution in [0.2, 0.25) is 0 Å². The van der Waals surface area contributed by atoms with Gasteiger partial charge in [-0.25, -0.2) is 0 Å². The highest BCUT2D eigenvalue weighted by molar-refractivity contribution is 7.06. The summed E-state index contributed by atoms with van der Waals surface area (Å²) in [5, 5.41) is 7.31. The van der Waals surface area contributed by atoms with E-state index in [0.717, 1.165) is 16.3 Å². The number of nitrogens with one attached hydrogen (secondary N) is 1. The maximum absolute atomic E-state index is 12.7. The minimum atomic E-state index is -0.227. The molecule has 0 saturated carbocycles. The zero-order valence-electron chi connectivity index (χ0n) is 14.2. The molecule has 0 aromatic carbocycles. The SMILES string of the molecule is Cc1nsc(C)c1C(=O)N[C@H]1CCC(=O)N(C)[C@@H]1c1ccnn1C. The van der Waals surface area contributed by atoms with Gasteiger partial charge >= 0.3 is 0 Å². The van der Waals surface area contributed by atoms with Gasteiger partial charge in [0.05, 0.1) is 29.0 Å². The predicted molar refractivity (Wildman–Crippen MR) is 90.8 cm³/mol. The molecule has 1 saturated heterocycles. The van der Waals surface area contributed by atoms with Crippen LogP contribution < -0.4 is 5.32 Å². The molecule has 2 aromatic rings. The van der Waals surface area contributed by atoms with E-state index < -0.39 is 0 Å². The lowest BCUT2D eigenvalue weighted by Gasteiger charge is -2.39. The third-order valence-electron chi connectivity index (χ3n) is 4.60. The van der Waals surface area contributed by atoms with Crippen LogP contribution in [0.25, 0.3) is 0 Å². The molecule has 0 spiro atoms. The number of carbonyl (C=O) groups is 2. The Balaban J connectivity index is 1.89. The maximum atomic E-state index is 12.7. The summed E-state index contributed by atoms with van der Waals surface area (Å²) in [6, 6.07) is 1.51. The van der Waals surface area contributed by atoms with Crippen LogP contribution in [0.1, 0.15) is 45.5 Å². The summed E-state index contributed by atoms with van der Waals surface area (Å²) in [6.07, 6.45) is 2.74. The van der Waals surface area contributed by atoms with E-state index >= 15 is 0 Å². The normalized spacial score (nSPS) is 21.2. The van der Waals surface area contributed by atoms with Gasteiger partial charge in [0.15, 0.2) is 0 Å². The monoisotopic (exact) mass is 347 g/mol. The second kappa shape index (κ2) is 6.35. The molecule has 8 heteroatoms. The first-order valence-corrected chi connectivity index (χ1v) is 8.64. The van der Waals surface area contributed by atoms with E-state index in [1.54, 1.807) is 22.8 Å². The van der Waals surface area contributed by atoms with Gasteiger partial charge in [-0.15, -0.1) is 0 Å². The van der Waals surface area contributed by atoms with Crippen LogP contribution in [0.3, 0.4) is 0 Å². The highest BCUT2D eigenvalue weighted by Gasteiger charge is 2.37. The van der Waals surface area contributed by atoms with Crippen LogP contribution in [0, 0.1) is 13.8 Å². The number of carbonyl (C=O) groups excluding carboxylic acids is 2. The minimum absolute atomic E-state index is 0.0799. The van der Waals surface area contributed by atoms with E-state index in [9.17, 15) is 9.59 Å². The number of likely N-dealkylation sites (tertiary alicyclic amines) is 1. The molecule has 2 atom stereocenters. The van der Waals surface area contributed by atoms with Gasteiger partial charge < -0.3 is 10.2 Å². The van der Waals surface area contributed by atoms with Crippen LogP contribution in [-0.2, 0) is 11.8 Å². The van der Waals surface area contributed by atoms with Gasteiger partial charge in [-0.3, -0.25) is 14.3 Å². The fraction of sp³-hybridized carbons (Fsp3) is 0.500. The summed E-state index contributed by atoms with van der Waals surface area (Å²) in [7, 11) is 3.62. The van der Waals surface area contributed by atoms with Gasteiger partial charge in [0.1, 0.15) is 0 Å². The molecule has 24 heavy (non-hydrogen) atoms. The Labute approximate surface area is 144 Å². The van der Waals surface area contributed by atoms with Crippen LogP contribution in [0.5, 0.6) is 0 Å². The average molecular weight is 347 g/mol. The number of piperidine rings is 1. The molecule has 0 bridgehead atoms. The predicted octanol–water partition coefficient (Wildman–Crippen LogP) is 1.59. The van der Waals surface area contributed by atoms with Crippen molar-refractivity contribution in [2.24, 2.45) is 7.05 Å². The number of amides is 2. The molecular weight excluding hydrogens is 326 g/mol. The van der Waals surface area contributed by atoms with Crippen molar-refractivity contribution in [3.05, 3.63) is 34.1 Å². The van der Waals surface area contributed by atoms with Crippen LogP contribution in [0.4, 0.5) is 0 Å². The van der Waals surface area contributed by atoms with Crippen molar-refractivity contribution in [2.45, 2.75) is 38.8 Å². The van der Waals surface area contributed by atoms with Crippen LogP contribution >= 0.6 is 11.5 Å². The van der Waals surface area contributed by atoms with Crippen molar-refractivity contribution in [3.8, 4) is 0 Å². The van der Waals surface area contributed by atoms with Gasteiger partial charge in [0, 0.05) is 31.6 Å². The Hall–Kier alpha value is -2.22. The van der Waals surface area contributed by atoms with Crippen molar-refractivity contribution >= 4 is 23.3 Å². The van der Waals surface area contributed by atoms with Gasteiger partial charge in [0.2, 0.25) is 5.91 Å². The minimum Gasteiger partial charge on any atom is -0.347 e. The van der Waals surface area contributed by atoms with E-state index in [4.69, 9.17) is 0 Å². The average Bonchev–Trinajstić information content (AvgIpc) is 3.09. The lowest BCUT2D eigenvalue weighted by Crippen LogP contribution is -2.51. The molecule has 0 radical (unpaired) electrons. The molecule has 1 fully saturated rings. The van der Waals surface area contributed by atoms with Crippen LogP contribution in [-0.4, -0.2) is 44.0 Å². The number of nitrogens with zero attached hydrogens (tertiary/aromatic N) is 4. The van der Waals surface area contributed by atoms with Gasteiger partial charge in [-0.05, 0) is 37.9 Å². The Bertz CT molecular complexity index is 762. The Morgan fingerprint density at radius 2 is 2.12 bits per heavy atom. The molecule has 1 aliphatic rings. The Kier molecular flexibility index (Phi) is 4.40. The van der Waals surface area contributed by atoms with Crippen molar-refractivity contribution in [1.29, 1.82) is 0 Å². The second-order valence-electron chi connectivity index (χ2n) is 6.15. The van der Waals surface area contributed by atoms with E-state index in [1.165, 1.54) is 11.5 Å². The van der Waals surface area contributed by atoms with Gasteiger partial charge in [0.25, 0.3) is 5.91 Å². The number of hydrogen-bond donors (Lipinski definition) is 1. The van der Waals surface area contributed by atoms with Crippen molar-refractivity contribution in [2.75, 3.05) is 7.05 Å². The largest absolute Gasteiger partial charge is 0.347 e. The quantitative estimate of drug-likeness (QED) is 0.914. The topological polar surface area (TPSA) is 80.1 Å². The zero-order valence-corrected chi connectivity index (χ0v) is 15.1. The van der Waals surface area contributed by atoms with E-state index in [2.05, 4.69) is 14.8 Å². The number of rotatable bonds is 3. The number of aryl methyl sites for hydroxylation is 3. The van der Waals surface area contributed by atoms with Gasteiger partial charge in [-0.2, -0.15) is 9.47 Å². The first-order chi connectivity index (χ1) is 11.4. The number of hydrogen-bond acceptors (Lipinski definition) is 5. The molecule has 2 aromatic heterocycles. The molecule has 0 aliphatic carbocycles. The maximum Gasteiger partial charge on any atom is 0.254 e. The number of likely N-dealkylation sites (N-methyl/N-ethyl adjacent to an activating group) is 1. The lowest BCUT2D eigenvalue weighted by atomic mass is 9.93. The van der Waals surface area contributed by atoms with E-state index in [1.807, 2.05) is 27.0 Å². The molecule has 2 amide bonds. The zero-order chi connectivity index (χ0) is 17.4. The van der Waals surface area contributed by atoms with Gasteiger partial charge in [-0.1, -0.05) is 0 Å². The summed E-state index contributed by atoms with van der Waals surface area (Å²) in [6.45, 7) is 3.74. The van der Waals surface area contributed by atoms with E-state index in [0.29, 0.717) is 18.4 Å². The molecule has 0 unspecified atom stereocenters. The second-order valence-corrected chi connectivity index (χ2v) is 7.12. The Morgan fingerprint density at radius 3 is 2.71 bits per heavy atom. The molecule has 1 aliphatic heterocycles. The highest BCUT2D eigenvalue weighted by atomic mass is 32.1. The summed E-state index contributed by atoms with van der Waals surface area (Å²) in [4.78, 5) is 27.5.